The molecule has 2 unspecified atom stereocenters. The molecule has 1 amide bonds. The molecule has 1 fully saturated rings. The zero-order valence-electron chi connectivity index (χ0n) is 11.9. The maximum atomic E-state index is 11.1. The molecule has 2 atom stereocenters. The first-order chi connectivity index (χ1) is 9.19. The third-order valence-electron chi connectivity index (χ3n) is 3.77. The van der Waals surface area contributed by atoms with E-state index in [-0.39, 0.29) is 5.91 Å². The minimum absolute atomic E-state index is 0.176. The first-order valence-corrected chi connectivity index (χ1v) is 7.30. The van der Waals surface area contributed by atoms with Crippen LogP contribution in [0.25, 0.3) is 0 Å². The van der Waals surface area contributed by atoms with Crippen LogP contribution in [0.5, 0.6) is 0 Å². The molecule has 3 nitrogen and oxygen atoms in total. The summed E-state index contributed by atoms with van der Waals surface area (Å²) in [5.74, 6) is 0.176. The molecule has 1 saturated heterocycles. The molecule has 1 aromatic rings. The number of rotatable bonds is 5. The number of aryl methyl sites for hydroxylation is 1. The normalized spacial score (nSPS) is 20.9. The van der Waals surface area contributed by atoms with Crippen molar-refractivity contribution in [2.45, 2.75) is 51.6 Å². The van der Waals surface area contributed by atoms with E-state index in [4.69, 9.17) is 0 Å². The molecule has 0 aromatic heterocycles. The molecule has 0 aliphatic carbocycles. The number of benzene rings is 1. The summed E-state index contributed by atoms with van der Waals surface area (Å²) in [6.07, 6.45) is 3.91. The number of piperidine rings is 1. The van der Waals surface area contributed by atoms with Gasteiger partial charge in [-0.3, -0.25) is 4.79 Å². The van der Waals surface area contributed by atoms with Gasteiger partial charge >= 0.3 is 0 Å². The van der Waals surface area contributed by atoms with Crippen molar-refractivity contribution in [1.29, 1.82) is 0 Å². The zero-order valence-corrected chi connectivity index (χ0v) is 11.9. The molecule has 0 spiro atoms. The van der Waals surface area contributed by atoms with Crippen LogP contribution in [0.2, 0.25) is 0 Å². The fraction of sp³-hybridized carbons (Fsp3) is 0.562. The van der Waals surface area contributed by atoms with Gasteiger partial charge in [-0.25, -0.2) is 0 Å². The number of hydrogen-bond donors (Lipinski definition) is 2. The quantitative estimate of drug-likeness (QED) is 0.854. The van der Waals surface area contributed by atoms with E-state index in [0.29, 0.717) is 18.5 Å². The average Bonchev–Trinajstić information content (AvgIpc) is 2.42. The third kappa shape index (κ3) is 4.06. The van der Waals surface area contributed by atoms with Crippen LogP contribution in [-0.4, -0.2) is 18.5 Å². The van der Waals surface area contributed by atoms with Crippen molar-refractivity contribution in [3.63, 3.8) is 0 Å². The van der Waals surface area contributed by atoms with Crippen molar-refractivity contribution in [2.75, 3.05) is 6.54 Å². The van der Waals surface area contributed by atoms with Gasteiger partial charge in [0, 0.05) is 25.0 Å². The fourth-order valence-electron chi connectivity index (χ4n) is 2.59. The minimum Gasteiger partial charge on any atom is -0.355 e. The molecule has 2 rings (SSSR count). The monoisotopic (exact) mass is 260 g/mol. The smallest absolute Gasteiger partial charge is 0.220 e. The standard InChI is InChI=1S/C16H24N2O/c1-3-4-13-5-7-14(8-6-13)12(2)18-15-9-10-16(19)17-11-15/h5-8,12,15,18H,3-4,9-11H2,1-2H3,(H,17,19). The second kappa shape index (κ2) is 6.71. The highest BCUT2D eigenvalue weighted by Crippen LogP contribution is 2.16. The number of hydrogen-bond acceptors (Lipinski definition) is 2. The summed E-state index contributed by atoms with van der Waals surface area (Å²) < 4.78 is 0. The van der Waals surface area contributed by atoms with E-state index in [1.54, 1.807) is 0 Å². The summed E-state index contributed by atoms with van der Waals surface area (Å²) in [6, 6.07) is 9.59. The van der Waals surface area contributed by atoms with E-state index in [0.717, 1.165) is 19.4 Å². The van der Waals surface area contributed by atoms with Gasteiger partial charge < -0.3 is 10.6 Å². The van der Waals surface area contributed by atoms with Crippen LogP contribution < -0.4 is 10.6 Å². The average molecular weight is 260 g/mol. The van der Waals surface area contributed by atoms with E-state index in [1.807, 2.05) is 0 Å². The maximum Gasteiger partial charge on any atom is 0.220 e. The van der Waals surface area contributed by atoms with E-state index in [2.05, 4.69) is 48.7 Å². The van der Waals surface area contributed by atoms with Crippen LogP contribution in [0, 0.1) is 0 Å². The number of carbonyl (C=O) groups excluding carboxylic acids is 1. The van der Waals surface area contributed by atoms with E-state index < -0.39 is 0 Å². The SMILES string of the molecule is CCCc1ccc(C(C)NC2CCC(=O)NC2)cc1. The molecule has 19 heavy (non-hydrogen) atoms. The summed E-state index contributed by atoms with van der Waals surface area (Å²) in [7, 11) is 0. The van der Waals surface area contributed by atoms with Crippen LogP contribution in [-0.2, 0) is 11.2 Å². The maximum absolute atomic E-state index is 11.1. The van der Waals surface area contributed by atoms with Gasteiger partial charge in [0.25, 0.3) is 0 Å². The molecule has 1 aromatic carbocycles. The Kier molecular flexibility index (Phi) is 4.97. The third-order valence-corrected chi connectivity index (χ3v) is 3.77. The van der Waals surface area contributed by atoms with Crippen molar-refractivity contribution in [2.24, 2.45) is 0 Å². The van der Waals surface area contributed by atoms with Crippen LogP contribution in [0.3, 0.4) is 0 Å². The first kappa shape index (κ1) is 14.1. The lowest BCUT2D eigenvalue weighted by atomic mass is 10.0. The predicted octanol–water partition coefficient (Wildman–Crippen LogP) is 2.57. The molecule has 2 N–H and O–H groups in total. The Morgan fingerprint density at radius 3 is 2.68 bits per heavy atom. The Labute approximate surface area is 115 Å². The summed E-state index contributed by atoms with van der Waals surface area (Å²) in [6.45, 7) is 5.14. The van der Waals surface area contributed by atoms with Gasteiger partial charge in [0.1, 0.15) is 0 Å². The van der Waals surface area contributed by atoms with Gasteiger partial charge in [0.15, 0.2) is 0 Å². The molecule has 104 valence electrons. The molecule has 3 heteroatoms. The first-order valence-electron chi connectivity index (χ1n) is 7.30. The second-order valence-corrected chi connectivity index (χ2v) is 5.42. The van der Waals surface area contributed by atoms with Crippen LogP contribution in [0.15, 0.2) is 24.3 Å². The van der Waals surface area contributed by atoms with Crippen molar-refractivity contribution in [3.8, 4) is 0 Å². The van der Waals surface area contributed by atoms with Gasteiger partial charge in [-0.05, 0) is 30.9 Å². The predicted molar refractivity (Wildman–Crippen MR) is 78.0 cm³/mol. The Morgan fingerprint density at radius 2 is 2.11 bits per heavy atom. The lowest BCUT2D eigenvalue weighted by Gasteiger charge is -2.27. The Balaban J connectivity index is 1.88. The van der Waals surface area contributed by atoms with Crippen LogP contribution in [0.4, 0.5) is 0 Å². The summed E-state index contributed by atoms with van der Waals surface area (Å²) in [4.78, 5) is 11.1. The van der Waals surface area contributed by atoms with Gasteiger partial charge in [-0.15, -0.1) is 0 Å². The lowest BCUT2D eigenvalue weighted by Crippen LogP contribution is -2.46. The highest BCUT2D eigenvalue weighted by molar-refractivity contribution is 5.76. The number of nitrogens with one attached hydrogen (secondary N) is 2. The van der Waals surface area contributed by atoms with E-state index in [9.17, 15) is 4.79 Å². The highest BCUT2D eigenvalue weighted by atomic mass is 16.1. The van der Waals surface area contributed by atoms with Gasteiger partial charge in [0.05, 0.1) is 0 Å². The van der Waals surface area contributed by atoms with Crippen LogP contribution >= 0.6 is 0 Å². The fourth-order valence-corrected chi connectivity index (χ4v) is 2.59. The van der Waals surface area contributed by atoms with E-state index in [1.165, 1.54) is 17.5 Å². The number of carbonyl (C=O) groups is 1. The Hall–Kier alpha value is -1.35. The summed E-state index contributed by atoms with van der Waals surface area (Å²) in [5.41, 5.74) is 2.72. The molecule has 0 saturated carbocycles. The Morgan fingerprint density at radius 1 is 1.37 bits per heavy atom. The van der Waals surface area contributed by atoms with Crippen molar-refractivity contribution in [3.05, 3.63) is 35.4 Å². The Bertz CT molecular complexity index is 403. The molecular weight excluding hydrogens is 236 g/mol. The molecule has 1 aliphatic heterocycles. The number of amides is 1. The molecular formula is C16H24N2O. The molecule has 0 bridgehead atoms. The second-order valence-electron chi connectivity index (χ2n) is 5.42. The van der Waals surface area contributed by atoms with Gasteiger partial charge in [-0.2, -0.15) is 0 Å². The van der Waals surface area contributed by atoms with Crippen LogP contribution in [0.1, 0.15) is 50.3 Å². The van der Waals surface area contributed by atoms with Crippen molar-refractivity contribution in [1.82, 2.24) is 10.6 Å². The molecule has 0 radical (unpaired) electrons. The highest BCUT2D eigenvalue weighted by Gasteiger charge is 2.19. The molecule has 1 aliphatic rings. The molecule has 1 heterocycles. The van der Waals surface area contributed by atoms with Crippen molar-refractivity contribution >= 4 is 5.91 Å². The van der Waals surface area contributed by atoms with Crippen molar-refractivity contribution < 1.29 is 4.79 Å². The largest absolute Gasteiger partial charge is 0.355 e. The van der Waals surface area contributed by atoms with Gasteiger partial charge in [-0.1, -0.05) is 37.6 Å². The lowest BCUT2D eigenvalue weighted by molar-refractivity contribution is -0.122. The minimum atomic E-state index is 0.176. The topological polar surface area (TPSA) is 41.1 Å². The summed E-state index contributed by atoms with van der Waals surface area (Å²) in [5, 5.41) is 6.51. The van der Waals surface area contributed by atoms with Gasteiger partial charge in [0.2, 0.25) is 5.91 Å². The summed E-state index contributed by atoms with van der Waals surface area (Å²) >= 11 is 0. The zero-order chi connectivity index (χ0) is 13.7. The van der Waals surface area contributed by atoms with E-state index >= 15 is 0 Å².